The van der Waals surface area contributed by atoms with E-state index >= 15 is 0 Å². The number of hydrogen-bond acceptors (Lipinski definition) is 6. The predicted octanol–water partition coefficient (Wildman–Crippen LogP) is 1.96. The number of carbonyl (C=O) groups is 1. The van der Waals surface area contributed by atoms with Gasteiger partial charge in [0.2, 0.25) is 0 Å². The average molecular weight is 278 g/mol. The van der Waals surface area contributed by atoms with E-state index in [0.29, 0.717) is 38.9 Å². The molecular formula is C11H22O6Si. The molecule has 6 nitrogen and oxygen atoms in total. The molecule has 1 aliphatic rings. The molecule has 1 rings (SSSR count). The average Bonchev–Trinajstić information content (AvgIpc) is 2.74. The standard InChI is InChI=1S/C11H22O6Si/c1-4-14-18(15-5-2,16-6-3)8-7-10-9-13-11(12)17-10/h10H,4-9H2,1-3H3. The Kier molecular flexibility index (Phi) is 6.62. The fraction of sp³-hybridized carbons (Fsp3) is 0.909. The van der Waals surface area contributed by atoms with E-state index in [4.69, 9.17) is 22.8 Å². The minimum atomic E-state index is -2.63. The van der Waals surface area contributed by atoms with Gasteiger partial charge in [0, 0.05) is 25.9 Å². The highest BCUT2D eigenvalue weighted by Gasteiger charge is 2.41. The van der Waals surface area contributed by atoms with Crippen molar-refractivity contribution in [3.63, 3.8) is 0 Å². The van der Waals surface area contributed by atoms with Crippen molar-refractivity contribution in [2.45, 2.75) is 39.3 Å². The van der Waals surface area contributed by atoms with Gasteiger partial charge in [0.15, 0.2) is 0 Å². The lowest BCUT2D eigenvalue weighted by atomic mass is 10.3. The molecular weight excluding hydrogens is 256 g/mol. The van der Waals surface area contributed by atoms with Gasteiger partial charge < -0.3 is 22.8 Å². The number of carbonyl (C=O) groups excluding carboxylic acids is 1. The third kappa shape index (κ3) is 4.56. The molecule has 1 heterocycles. The molecule has 1 unspecified atom stereocenters. The molecule has 0 bridgehead atoms. The second kappa shape index (κ2) is 7.73. The van der Waals surface area contributed by atoms with Crippen molar-refractivity contribution in [3.05, 3.63) is 0 Å². The first-order chi connectivity index (χ1) is 8.65. The number of rotatable bonds is 9. The van der Waals surface area contributed by atoms with Gasteiger partial charge >= 0.3 is 15.0 Å². The molecule has 0 spiro atoms. The molecule has 1 saturated heterocycles. The Morgan fingerprint density at radius 3 is 2.11 bits per heavy atom. The van der Waals surface area contributed by atoms with Gasteiger partial charge in [-0.15, -0.1) is 0 Å². The van der Waals surface area contributed by atoms with Crippen LogP contribution >= 0.6 is 0 Å². The largest absolute Gasteiger partial charge is 0.508 e. The highest BCUT2D eigenvalue weighted by atomic mass is 28.4. The molecule has 106 valence electrons. The summed E-state index contributed by atoms with van der Waals surface area (Å²) in [4.78, 5) is 10.8. The maximum absolute atomic E-state index is 10.8. The summed E-state index contributed by atoms with van der Waals surface area (Å²) in [6.07, 6.45) is -0.181. The fourth-order valence-electron chi connectivity index (χ4n) is 1.85. The lowest BCUT2D eigenvalue weighted by molar-refractivity contribution is 0.0657. The van der Waals surface area contributed by atoms with Crippen molar-refractivity contribution in [1.29, 1.82) is 0 Å². The maximum atomic E-state index is 10.8. The van der Waals surface area contributed by atoms with Crippen LogP contribution in [0.5, 0.6) is 0 Å². The molecule has 0 aromatic rings. The second-order valence-corrected chi connectivity index (χ2v) is 6.55. The van der Waals surface area contributed by atoms with E-state index in [2.05, 4.69) is 0 Å². The molecule has 0 aliphatic carbocycles. The molecule has 1 atom stereocenters. The van der Waals surface area contributed by atoms with Crippen LogP contribution in [-0.4, -0.2) is 47.5 Å². The highest BCUT2D eigenvalue weighted by molar-refractivity contribution is 6.60. The highest BCUT2D eigenvalue weighted by Crippen LogP contribution is 2.22. The normalized spacial score (nSPS) is 19.7. The molecule has 1 aliphatic heterocycles. The van der Waals surface area contributed by atoms with E-state index in [1.807, 2.05) is 20.8 Å². The van der Waals surface area contributed by atoms with Crippen molar-refractivity contribution in [1.82, 2.24) is 0 Å². The van der Waals surface area contributed by atoms with Crippen LogP contribution in [0.2, 0.25) is 6.04 Å². The third-order valence-electron chi connectivity index (χ3n) is 2.52. The Bertz CT molecular complexity index is 243. The van der Waals surface area contributed by atoms with Gasteiger partial charge in [0.25, 0.3) is 0 Å². The minimum Gasteiger partial charge on any atom is -0.430 e. The van der Waals surface area contributed by atoms with Crippen molar-refractivity contribution in [3.8, 4) is 0 Å². The molecule has 0 N–H and O–H groups in total. The first-order valence-corrected chi connectivity index (χ1v) is 8.34. The van der Waals surface area contributed by atoms with E-state index in [-0.39, 0.29) is 6.10 Å². The van der Waals surface area contributed by atoms with Crippen molar-refractivity contribution in [2.24, 2.45) is 0 Å². The van der Waals surface area contributed by atoms with Crippen LogP contribution < -0.4 is 0 Å². The summed E-state index contributed by atoms with van der Waals surface area (Å²) in [5.41, 5.74) is 0. The molecule has 18 heavy (non-hydrogen) atoms. The smallest absolute Gasteiger partial charge is 0.430 e. The van der Waals surface area contributed by atoms with E-state index in [0.717, 1.165) is 0 Å². The topological polar surface area (TPSA) is 63.2 Å². The Balaban J connectivity index is 2.50. The van der Waals surface area contributed by atoms with Gasteiger partial charge in [-0.2, -0.15) is 0 Å². The summed E-state index contributed by atoms with van der Waals surface area (Å²) in [6, 6.07) is 0.629. The Morgan fingerprint density at radius 2 is 1.72 bits per heavy atom. The quantitative estimate of drug-likeness (QED) is 0.474. The second-order valence-electron chi connectivity index (χ2n) is 3.82. The Hall–Kier alpha value is -0.633. The van der Waals surface area contributed by atoms with Gasteiger partial charge in [0.1, 0.15) is 12.7 Å². The molecule has 7 heteroatoms. The number of hydrogen-bond donors (Lipinski definition) is 0. The Morgan fingerprint density at radius 1 is 1.17 bits per heavy atom. The first kappa shape index (κ1) is 15.4. The van der Waals surface area contributed by atoms with Crippen molar-refractivity contribution in [2.75, 3.05) is 26.4 Å². The molecule has 0 aromatic heterocycles. The van der Waals surface area contributed by atoms with E-state index in [1.165, 1.54) is 0 Å². The van der Waals surface area contributed by atoms with Gasteiger partial charge in [-0.25, -0.2) is 4.79 Å². The maximum Gasteiger partial charge on any atom is 0.508 e. The Labute approximate surface area is 109 Å². The monoisotopic (exact) mass is 278 g/mol. The lowest BCUT2D eigenvalue weighted by Gasteiger charge is -2.28. The molecule has 0 aromatic carbocycles. The van der Waals surface area contributed by atoms with Crippen LogP contribution in [0.3, 0.4) is 0 Å². The van der Waals surface area contributed by atoms with Crippen LogP contribution in [0.15, 0.2) is 0 Å². The fourth-order valence-corrected chi connectivity index (χ4v) is 4.52. The summed E-state index contributed by atoms with van der Waals surface area (Å²) in [5.74, 6) is 0. The minimum absolute atomic E-state index is 0.217. The van der Waals surface area contributed by atoms with Gasteiger partial charge in [-0.05, 0) is 27.2 Å². The van der Waals surface area contributed by atoms with Crippen LogP contribution in [0.4, 0.5) is 4.79 Å². The summed E-state index contributed by atoms with van der Waals surface area (Å²) < 4.78 is 26.9. The van der Waals surface area contributed by atoms with Crippen LogP contribution in [0.25, 0.3) is 0 Å². The van der Waals surface area contributed by atoms with Crippen LogP contribution in [0.1, 0.15) is 27.2 Å². The lowest BCUT2D eigenvalue weighted by Crippen LogP contribution is -2.46. The van der Waals surface area contributed by atoms with E-state index in [1.54, 1.807) is 0 Å². The van der Waals surface area contributed by atoms with Gasteiger partial charge in [0.05, 0.1) is 0 Å². The molecule has 1 fully saturated rings. The zero-order valence-corrected chi connectivity index (χ0v) is 12.3. The molecule has 0 radical (unpaired) electrons. The zero-order valence-electron chi connectivity index (χ0n) is 11.3. The van der Waals surface area contributed by atoms with E-state index in [9.17, 15) is 4.79 Å². The molecule has 0 amide bonds. The number of cyclic esters (lactones) is 2. The summed E-state index contributed by atoms with van der Waals surface area (Å²) >= 11 is 0. The SMILES string of the molecule is CCO[Si](CCC1COC(=O)O1)(OCC)OCC. The predicted molar refractivity (Wildman–Crippen MR) is 66.3 cm³/mol. The molecule has 0 saturated carbocycles. The summed E-state index contributed by atoms with van der Waals surface area (Å²) in [5, 5.41) is 0. The van der Waals surface area contributed by atoms with Crippen LogP contribution in [-0.2, 0) is 22.8 Å². The van der Waals surface area contributed by atoms with Crippen molar-refractivity contribution >= 4 is 15.0 Å². The summed E-state index contributed by atoms with van der Waals surface area (Å²) in [7, 11) is -2.63. The number of ether oxygens (including phenoxy) is 2. The van der Waals surface area contributed by atoms with E-state index < -0.39 is 15.0 Å². The third-order valence-corrected chi connectivity index (χ3v) is 5.60. The zero-order chi connectivity index (χ0) is 13.4. The summed E-state index contributed by atoms with van der Waals surface area (Å²) in [6.45, 7) is 7.69. The van der Waals surface area contributed by atoms with Crippen molar-refractivity contribution < 1.29 is 27.5 Å². The van der Waals surface area contributed by atoms with Gasteiger partial charge in [-0.1, -0.05) is 0 Å². The van der Waals surface area contributed by atoms with Gasteiger partial charge in [-0.3, -0.25) is 0 Å². The van der Waals surface area contributed by atoms with Crippen LogP contribution in [0, 0.1) is 0 Å². The first-order valence-electron chi connectivity index (χ1n) is 6.41.